The molecule has 2 rings (SSSR count). The van der Waals surface area contributed by atoms with Crippen molar-refractivity contribution in [3.63, 3.8) is 0 Å². The van der Waals surface area contributed by atoms with Gasteiger partial charge in [-0.2, -0.15) is 13.2 Å². The first-order chi connectivity index (χ1) is 7.81. The Kier molecular flexibility index (Phi) is 3.15. The fourth-order valence-corrected chi connectivity index (χ4v) is 2.94. The van der Waals surface area contributed by atoms with Crippen molar-refractivity contribution in [3.05, 3.63) is 35.4 Å². The molecule has 1 aromatic carbocycles. The van der Waals surface area contributed by atoms with Gasteiger partial charge in [0.25, 0.3) is 0 Å². The third-order valence-electron chi connectivity index (χ3n) is 3.59. The van der Waals surface area contributed by atoms with Gasteiger partial charge in [0.05, 0.1) is 5.56 Å². The van der Waals surface area contributed by atoms with E-state index in [2.05, 4.69) is 6.92 Å². The highest BCUT2D eigenvalue weighted by Crippen LogP contribution is 2.43. The zero-order valence-electron chi connectivity index (χ0n) is 9.52. The van der Waals surface area contributed by atoms with Crippen LogP contribution in [-0.4, -0.2) is 5.38 Å². The number of alkyl halides is 4. The van der Waals surface area contributed by atoms with E-state index in [-0.39, 0.29) is 10.8 Å². The van der Waals surface area contributed by atoms with Crippen LogP contribution < -0.4 is 0 Å². The quantitative estimate of drug-likeness (QED) is 0.641. The van der Waals surface area contributed by atoms with E-state index in [4.69, 9.17) is 11.6 Å². The van der Waals surface area contributed by atoms with Crippen LogP contribution in [0.5, 0.6) is 0 Å². The second-order valence-corrected chi connectivity index (χ2v) is 5.59. The first-order valence-electron chi connectivity index (χ1n) is 5.63. The maximum Gasteiger partial charge on any atom is 0.416 e. The molecule has 0 aromatic heterocycles. The Hall–Kier alpha value is -0.700. The lowest BCUT2D eigenvalue weighted by Crippen LogP contribution is -2.18. The molecule has 2 atom stereocenters. The molecule has 1 fully saturated rings. The van der Waals surface area contributed by atoms with Crippen molar-refractivity contribution in [1.82, 2.24) is 0 Å². The van der Waals surface area contributed by atoms with E-state index in [0.717, 1.165) is 37.0 Å². The van der Waals surface area contributed by atoms with Gasteiger partial charge in [-0.3, -0.25) is 0 Å². The lowest BCUT2D eigenvalue weighted by Gasteiger charge is -2.24. The molecule has 1 saturated carbocycles. The lowest BCUT2D eigenvalue weighted by atomic mass is 9.81. The summed E-state index contributed by atoms with van der Waals surface area (Å²) in [5.74, 6) is 0. The number of hydrogen-bond donors (Lipinski definition) is 0. The molecule has 94 valence electrons. The number of rotatable bonds is 1. The van der Waals surface area contributed by atoms with E-state index >= 15 is 0 Å². The van der Waals surface area contributed by atoms with Gasteiger partial charge >= 0.3 is 6.18 Å². The van der Waals surface area contributed by atoms with Crippen molar-refractivity contribution in [1.29, 1.82) is 0 Å². The van der Waals surface area contributed by atoms with E-state index in [1.165, 1.54) is 0 Å². The summed E-state index contributed by atoms with van der Waals surface area (Å²) >= 11 is 6.07. The van der Waals surface area contributed by atoms with Crippen molar-refractivity contribution >= 4 is 11.6 Å². The predicted molar refractivity (Wildman–Crippen MR) is 62.3 cm³/mol. The highest BCUT2D eigenvalue weighted by atomic mass is 35.5. The number of hydrogen-bond acceptors (Lipinski definition) is 0. The van der Waals surface area contributed by atoms with Gasteiger partial charge in [0.1, 0.15) is 0 Å². The molecule has 1 aliphatic rings. The first-order valence-corrected chi connectivity index (χ1v) is 6.07. The maximum absolute atomic E-state index is 12.4. The average Bonchev–Trinajstić information content (AvgIpc) is 2.59. The van der Waals surface area contributed by atoms with Gasteiger partial charge < -0.3 is 0 Å². The highest BCUT2D eigenvalue weighted by Gasteiger charge is 2.36. The van der Waals surface area contributed by atoms with Gasteiger partial charge in [0.2, 0.25) is 0 Å². The molecule has 1 aliphatic carbocycles. The van der Waals surface area contributed by atoms with Crippen LogP contribution in [0, 0.1) is 0 Å². The fraction of sp³-hybridized carbons (Fsp3) is 0.538. The molecule has 0 saturated heterocycles. The van der Waals surface area contributed by atoms with Gasteiger partial charge in [-0.25, -0.2) is 0 Å². The Labute approximate surface area is 104 Å². The molecule has 0 spiro atoms. The zero-order valence-corrected chi connectivity index (χ0v) is 10.3. The predicted octanol–water partition coefficient (Wildman–Crippen LogP) is 4.75. The minimum absolute atomic E-state index is 0.0729. The van der Waals surface area contributed by atoms with Crippen molar-refractivity contribution in [2.24, 2.45) is 0 Å². The summed E-state index contributed by atoms with van der Waals surface area (Å²) in [4.78, 5) is 0. The molecule has 4 heteroatoms. The second-order valence-electron chi connectivity index (χ2n) is 4.98. The molecule has 0 radical (unpaired) electrons. The van der Waals surface area contributed by atoms with Crippen LogP contribution in [0.25, 0.3) is 0 Å². The third kappa shape index (κ3) is 2.59. The van der Waals surface area contributed by atoms with E-state index < -0.39 is 11.7 Å². The van der Waals surface area contributed by atoms with Crippen LogP contribution in [0.3, 0.4) is 0 Å². The summed E-state index contributed by atoms with van der Waals surface area (Å²) in [5, 5.41) is 0.141. The average molecular weight is 263 g/mol. The molecule has 0 amide bonds. The smallest absolute Gasteiger partial charge is 0.166 e. The molecule has 2 unspecified atom stereocenters. The van der Waals surface area contributed by atoms with Crippen LogP contribution in [0.1, 0.15) is 37.3 Å². The van der Waals surface area contributed by atoms with Crippen LogP contribution in [0.2, 0.25) is 0 Å². The molecule has 17 heavy (non-hydrogen) atoms. The van der Waals surface area contributed by atoms with E-state index in [1.54, 1.807) is 12.1 Å². The number of benzene rings is 1. The topological polar surface area (TPSA) is 0 Å². The van der Waals surface area contributed by atoms with Crippen LogP contribution >= 0.6 is 11.6 Å². The maximum atomic E-state index is 12.4. The monoisotopic (exact) mass is 262 g/mol. The lowest BCUT2D eigenvalue weighted by molar-refractivity contribution is -0.137. The minimum Gasteiger partial charge on any atom is -0.166 e. The highest BCUT2D eigenvalue weighted by molar-refractivity contribution is 6.20. The minimum atomic E-state index is -4.26. The molecule has 1 aromatic rings. The summed E-state index contributed by atoms with van der Waals surface area (Å²) in [6.45, 7) is 2.07. The first kappa shape index (κ1) is 12.7. The summed E-state index contributed by atoms with van der Waals surface area (Å²) in [6, 6.07) is 5.47. The van der Waals surface area contributed by atoms with Crippen molar-refractivity contribution in [2.45, 2.75) is 43.2 Å². The van der Waals surface area contributed by atoms with Crippen molar-refractivity contribution in [3.8, 4) is 0 Å². The van der Waals surface area contributed by atoms with E-state index in [1.807, 2.05) is 0 Å². The summed E-state index contributed by atoms with van der Waals surface area (Å²) in [7, 11) is 0. The molecule has 0 aliphatic heterocycles. The Bertz CT molecular complexity index is 396. The molecule has 0 heterocycles. The molecular formula is C13H14ClF3. The van der Waals surface area contributed by atoms with Crippen molar-refractivity contribution in [2.75, 3.05) is 0 Å². The Balaban J connectivity index is 2.24. The van der Waals surface area contributed by atoms with Crippen LogP contribution in [0.15, 0.2) is 24.3 Å². The normalized spacial score (nSPS) is 29.6. The van der Waals surface area contributed by atoms with Gasteiger partial charge in [-0.15, -0.1) is 11.6 Å². The van der Waals surface area contributed by atoms with Gasteiger partial charge in [0.15, 0.2) is 0 Å². The van der Waals surface area contributed by atoms with Crippen LogP contribution in [-0.2, 0) is 11.6 Å². The Morgan fingerprint density at radius 1 is 1.24 bits per heavy atom. The number of halogens is 4. The summed E-state index contributed by atoms with van der Waals surface area (Å²) in [6.07, 6.45) is -1.56. The molecular weight excluding hydrogens is 249 g/mol. The Morgan fingerprint density at radius 3 is 2.24 bits per heavy atom. The standard InChI is InChI=1S/C13H14ClF3/c1-12(7-6-11(14)8-12)9-2-4-10(5-3-9)13(15,16)17/h2-5,11H,6-8H2,1H3. The van der Waals surface area contributed by atoms with Crippen LogP contribution in [0.4, 0.5) is 13.2 Å². The summed E-state index contributed by atoms with van der Waals surface area (Å²) < 4.78 is 37.3. The molecule has 0 N–H and O–H groups in total. The largest absolute Gasteiger partial charge is 0.416 e. The third-order valence-corrected chi connectivity index (χ3v) is 3.96. The van der Waals surface area contributed by atoms with E-state index in [0.29, 0.717) is 0 Å². The zero-order chi connectivity index (χ0) is 12.7. The van der Waals surface area contributed by atoms with Crippen molar-refractivity contribution < 1.29 is 13.2 Å². The van der Waals surface area contributed by atoms with E-state index in [9.17, 15) is 13.2 Å². The van der Waals surface area contributed by atoms with Gasteiger partial charge in [-0.1, -0.05) is 19.1 Å². The second kappa shape index (κ2) is 4.20. The fourth-order valence-electron chi connectivity index (χ4n) is 2.49. The molecule has 0 bridgehead atoms. The summed E-state index contributed by atoms with van der Waals surface area (Å²) in [5.41, 5.74) is 0.287. The Morgan fingerprint density at radius 2 is 1.82 bits per heavy atom. The van der Waals surface area contributed by atoms with Gasteiger partial charge in [0, 0.05) is 5.38 Å². The van der Waals surface area contributed by atoms with Gasteiger partial charge in [-0.05, 0) is 42.4 Å². The SMILES string of the molecule is CC1(c2ccc(C(F)(F)F)cc2)CCC(Cl)C1. The molecule has 0 nitrogen and oxygen atoms in total.